The molecular weight excluding hydrogens is 578 g/mol. The molecule has 3 heterocycles. The molecule has 0 saturated carbocycles. The topological polar surface area (TPSA) is 134 Å². The molecule has 0 aliphatic carbocycles. The number of ketones is 1. The Bertz CT molecular complexity index is 1900. The van der Waals surface area contributed by atoms with Crippen molar-refractivity contribution in [1.29, 1.82) is 0 Å². The number of hydrogen-bond donors (Lipinski definition) is 2. The first kappa shape index (κ1) is 30.4. The van der Waals surface area contributed by atoms with E-state index in [1.54, 1.807) is 25.4 Å². The van der Waals surface area contributed by atoms with Gasteiger partial charge in [0.15, 0.2) is 17.3 Å². The molecule has 0 bridgehead atoms. The minimum atomic E-state index is -0.220. The Morgan fingerprint density at radius 3 is 2.54 bits per heavy atom. The first-order valence-electron chi connectivity index (χ1n) is 15.1. The lowest BCUT2D eigenvalue weighted by molar-refractivity contribution is 0.104. The van der Waals surface area contributed by atoms with E-state index in [0.717, 1.165) is 29.9 Å². The third kappa shape index (κ3) is 6.28. The van der Waals surface area contributed by atoms with E-state index in [4.69, 9.17) is 26.0 Å². The molecule has 1 unspecified atom stereocenters. The van der Waals surface area contributed by atoms with Crippen LogP contribution in [0.5, 0.6) is 11.5 Å². The number of anilines is 2. The highest BCUT2D eigenvalue weighted by molar-refractivity contribution is 6.07. The number of aryl methyl sites for hydroxylation is 1. The zero-order valence-electron chi connectivity index (χ0n) is 26.2. The Labute approximate surface area is 268 Å². The van der Waals surface area contributed by atoms with Crippen molar-refractivity contribution in [3.05, 3.63) is 136 Å². The summed E-state index contributed by atoms with van der Waals surface area (Å²) in [5, 5.41) is 5.07. The number of ether oxygens (including phenoxy) is 2. The van der Waals surface area contributed by atoms with Crippen molar-refractivity contribution in [3.63, 3.8) is 0 Å². The summed E-state index contributed by atoms with van der Waals surface area (Å²) in [5.74, 6) is 0.968. The van der Waals surface area contributed by atoms with E-state index >= 15 is 0 Å². The SMILES string of the molecule is COc1cc(Cc2cnc(N)nc2N)cc(C(=O)/C=C/N2CCc3ccccc3C2c2cc(C)n(Cc3ccccc3)n2)c1OC. The van der Waals surface area contributed by atoms with Crippen LogP contribution in [-0.2, 0) is 19.4 Å². The molecule has 46 heavy (non-hydrogen) atoms. The lowest BCUT2D eigenvalue weighted by Crippen LogP contribution is -2.32. The summed E-state index contributed by atoms with van der Waals surface area (Å²) in [6.45, 7) is 3.49. The maximum absolute atomic E-state index is 13.9. The van der Waals surface area contributed by atoms with E-state index in [-0.39, 0.29) is 23.6 Å². The molecule has 2 aromatic heterocycles. The molecule has 1 aliphatic rings. The number of benzene rings is 3. The fourth-order valence-electron chi connectivity index (χ4n) is 6.01. The van der Waals surface area contributed by atoms with Crippen molar-refractivity contribution < 1.29 is 14.3 Å². The molecular formula is C36H37N7O3. The summed E-state index contributed by atoms with van der Waals surface area (Å²) in [4.78, 5) is 24.2. The smallest absolute Gasteiger partial charge is 0.221 e. The zero-order valence-corrected chi connectivity index (χ0v) is 26.2. The lowest BCUT2D eigenvalue weighted by Gasteiger charge is -2.35. The first-order chi connectivity index (χ1) is 22.3. The molecule has 1 atom stereocenters. The summed E-state index contributed by atoms with van der Waals surface area (Å²) >= 11 is 0. The van der Waals surface area contributed by atoms with Gasteiger partial charge >= 0.3 is 0 Å². The van der Waals surface area contributed by atoms with Crippen LogP contribution in [0.1, 0.15) is 55.6 Å². The molecule has 0 saturated heterocycles. The lowest BCUT2D eigenvalue weighted by atomic mass is 9.91. The molecule has 5 aromatic rings. The van der Waals surface area contributed by atoms with Crippen LogP contribution >= 0.6 is 0 Å². The number of carbonyl (C=O) groups is 1. The quantitative estimate of drug-likeness (QED) is 0.162. The maximum Gasteiger partial charge on any atom is 0.221 e. The second-order valence-electron chi connectivity index (χ2n) is 11.3. The van der Waals surface area contributed by atoms with Gasteiger partial charge in [-0.1, -0.05) is 54.6 Å². The van der Waals surface area contributed by atoms with E-state index < -0.39 is 0 Å². The van der Waals surface area contributed by atoms with E-state index in [2.05, 4.69) is 64.3 Å². The van der Waals surface area contributed by atoms with Crippen LogP contribution in [0.25, 0.3) is 0 Å². The second kappa shape index (κ2) is 13.2. The third-order valence-electron chi connectivity index (χ3n) is 8.31. The molecule has 0 radical (unpaired) electrons. The molecule has 10 heteroatoms. The normalized spacial score (nSPS) is 14.3. The summed E-state index contributed by atoms with van der Waals surface area (Å²) in [7, 11) is 3.07. The van der Waals surface area contributed by atoms with Crippen LogP contribution in [0.15, 0.2) is 91.3 Å². The standard InChI is InChI=1S/C36H37N7O3/c1-23-17-30(41-43(23)22-24-9-5-4-6-10-24)33-28-12-8-7-11-26(28)13-15-42(33)16-14-31(44)29-19-25(20-32(45-2)34(29)46-3)18-27-21-39-36(38)40-35(27)37/h4-12,14,16-17,19-21,33H,13,15,18,22H2,1-3H3,(H4,37,38,39,40)/b16-14+. The summed E-state index contributed by atoms with van der Waals surface area (Å²) in [6.07, 6.45) is 6.29. The Kier molecular flexibility index (Phi) is 8.69. The molecule has 0 amide bonds. The average molecular weight is 616 g/mol. The third-order valence-corrected chi connectivity index (χ3v) is 8.31. The van der Waals surface area contributed by atoms with Gasteiger partial charge in [-0.25, -0.2) is 4.98 Å². The van der Waals surface area contributed by atoms with Crippen LogP contribution in [0.2, 0.25) is 0 Å². The van der Waals surface area contributed by atoms with Gasteiger partial charge in [0.05, 0.1) is 38.1 Å². The number of hydrogen-bond acceptors (Lipinski definition) is 9. The summed E-state index contributed by atoms with van der Waals surface area (Å²) in [5.41, 5.74) is 19.3. The second-order valence-corrected chi connectivity index (χ2v) is 11.3. The molecule has 10 nitrogen and oxygen atoms in total. The molecule has 1 aliphatic heterocycles. The monoisotopic (exact) mass is 615 g/mol. The van der Waals surface area contributed by atoms with E-state index in [9.17, 15) is 4.79 Å². The number of nitrogens with two attached hydrogens (primary N) is 2. The van der Waals surface area contributed by atoms with Gasteiger partial charge < -0.3 is 25.8 Å². The molecule has 234 valence electrons. The number of nitrogen functional groups attached to an aromatic ring is 2. The van der Waals surface area contributed by atoms with Crippen LogP contribution < -0.4 is 20.9 Å². The van der Waals surface area contributed by atoms with Gasteiger partial charge in [-0.2, -0.15) is 10.1 Å². The molecule has 0 fully saturated rings. The van der Waals surface area contributed by atoms with Crippen LogP contribution in [0, 0.1) is 6.92 Å². The summed E-state index contributed by atoms with van der Waals surface area (Å²) < 4.78 is 13.3. The van der Waals surface area contributed by atoms with Crippen molar-refractivity contribution in [2.24, 2.45) is 0 Å². The molecule has 0 spiro atoms. The van der Waals surface area contributed by atoms with Gasteiger partial charge in [0.2, 0.25) is 5.95 Å². The van der Waals surface area contributed by atoms with Gasteiger partial charge in [0.25, 0.3) is 0 Å². The van der Waals surface area contributed by atoms with Gasteiger partial charge in [0, 0.05) is 42.7 Å². The highest BCUT2D eigenvalue weighted by Gasteiger charge is 2.29. The van der Waals surface area contributed by atoms with Gasteiger partial charge in [-0.3, -0.25) is 9.48 Å². The number of allylic oxidation sites excluding steroid dienone is 1. The van der Waals surface area contributed by atoms with E-state index in [1.165, 1.54) is 23.8 Å². The predicted octanol–water partition coefficient (Wildman–Crippen LogP) is 5.15. The minimum absolute atomic E-state index is 0.103. The first-order valence-corrected chi connectivity index (χ1v) is 15.1. The number of methoxy groups -OCH3 is 2. The Hall–Kier alpha value is -5.64. The predicted molar refractivity (Wildman–Crippen MR) is 178 cm³/mol. The van der Waals surface area contributed by atoms with Crippen molar-refractivity contribution in [2.75, 3.05) is 32.2 Å². The molecule has 6 rings (SSSR count). The van der Waals surface area contributed by atoms with Gasteiger partial charge in [0.1, 0.15) is 5.82 Å². The molecule has 3 aromatic carbocycles. The van der Waals surface area contributed by atoms with E-state index in [0.29, 0.717) is 35.6 Å². The van der Waals surface area contributed by atoms with Crippen LogP contribution in [0.4, 0.5) is 11.8 Å². The van der Waals surface area contributed by atoms with Crippen LogP contribution in [0.3, 0.4) is 0 Å². The fraction of sp³-hybridized carbons (Fsp3) is 0.222. The van der Waals surface area contributed by atoms with Crippen molar-refractivity contribution in [2.45, 2.75) is 32.4 Å². The Balaban J connectivity index is 1.32. The number of aromatic nitrogens is 4. The highest BCUT2D eigenvalue weighted by Crippen LogP contribution is 2.37. The Morgan fingerprint density at radius 2 is 1.78 bits per heavy atom. The van der Waals surface area contributed by atoms with E-state index in [1.807, 2.05) is 35.1 Å². The zero-order chi connectivity index (χ0) is 32.2. The largest absolute Gasteiger partial charge is 0.493 e. The van der Waals surface area contributed by atoms with Crippen molar-refractivity contribution in [1.82, 2.24) is 24.6 Å². The van der Waals surface area contributed by atoms with Gasteiger partial charge in [-0.05, 0) is 53.8 Å². The van der Waals surface area contributed by atoms with Crippen molar-refractivity contribution >= 4 is 17.5 Å². The van der Waals surface area contributed by atoms with Gasteiger partial charge in [-0.15, -0.1) is 0 Å². The Morgan fingerprint density at radius 1 is 1.00 bits per heavy atom. The highest BCUT2D eigenvalue weighted by atomic mass is 16.5. The van der Waals surface area contributed by atoms with Crippen molar-refractivity contribution in [3.8, 4) is 11.5 Å². The summed E-state index contributed by atoms with van der Waals surface area (Å²) in [6, 6.07) is 24.4. The maximum atomic E-state index is 13.9. The number of carbonyl (C=O) groups excluding carboxylic acids is 1. The number of rotatable bonds is 10. The number of fused-ring (bicyclic) bond motifs is 1. The average Bonchev–Trinajstić information content (AvgIpc) is 3.43. The van der Waals surface area contributed by atoms with Crippen LogP contribution in [-0.4, -0.2) is 51.2 Å². The minimum Gasteiger partial charge on any atom is -0.493 e. The fourth-order valence-corrected chi connectivity index (χ4v) is 6.01. The number of nitrogens with zero attached hydrogens (tertiary/aromatic N) is 5. The molecule has 4 N–H and O–H groups in total.